The summed E-state index contributed by atoms with van der Waals surface area (Å²) >= 11 is 0. The molecule has 3 heteroatoms. The molecule has 0 aliphatic heterocycles. The fourth-order valence-corrected chi connectivity index (χ4v) is 2.10. The van der Waals surface area contributed by atoms with Crippen molar-refractivity contribution in [1.82, 2.24) is 15.1 Å². The van der Waals surface area contributed by atoms with Gasteiger partial charge in [0.2, 0.25) is 0 Å². The summed E-state index contributed by atoms with van der Waals surface area (Å²) in [5, 5.41) is 7.62. The summed E-state index contributed by atoms with van der Waals surface area (Å²) < 4.78 is 1.98. The lowest BCUT2D eigenvalue weighted by molar-refractivity contribution is 0.458. The average Bonchev–Trinajstić information content (AvgIpc) is 2.96. The van der Waals surface area contributed by atoms with Gasteiger partial charge in [0.05, 0.1) is 0 Å². The predicted octanol–water partition coefficient (Wildman–Crippen LogP) is 1.74. The Labute approximate surface area is 91.9 Å². The maximum absolute atomic E-state index is 4.19. The van der Waals surface area contributed by atoms with Crippen LogP contribution < -0.4 is 5.32 Å². The van der Waals surface area contributed by atoms with Gasteiger partial charge in [0.1, 0.15) is 0 Å². The zero-order valence-electron chi connectivity index (χ0n) is 9.74. The van der Waals surface area contributed by atoms with Crippen molar-refractivity contribution in [2.75, 3.05) is 7.05 Å². The van der Waals surface area contributed by atoms with E-state index in [1.165, 1.54) is 31.4 Å². The van der Waals surface area contributed by atoms with Gasteiger partial charge in [0.25, 0.3) is 0 Å². The third-order valence-corrected chi connectivity index (χ3v) is 3.39. The predicted molar refractivity (Wildman–Crippen MR) is 61.7 cm³/mol. The highest BCUT2D eigenvalue weighted by Gasteiger charge is 2.24. The molecule has 1 N–H and O–H groups in total. The zero-order valence-corrected chi connectivity index (χ0v) is 9.74. The van der Waals surface area contributed by atoms with Crippen molar-refractivity contribution < 1.29 is 0 Å². The maximum atomic E-state index is 4.19. The van der Waals surface area contributed by atoms with Gasteiger partial charge in [-0.1, -0.05) is 12.8 Å². The van der Waals surface area contributed by atoms with Crippen LogP contribution in [0.5, 0.6) is 0 Å². The van der Waals surface area contributed by atoms with E-state index < -0.39 is 0 Å². The first kappa shape index (κ1) is 10.7. The molecule has 1 fully saturated rings. The number of aromatic nitrogens is 2. The lowest BCUT2D eigenvalue weighted by atomic mass is 10.0. The van der Waals surface area contributed by atoms with Gasteiger partial charge in [-0.3, -0.25) is 4.68 Å². The number of hydrogen-bond donors (Lipinski definition) is 1. The molecule has 1 aliphatic rings. The molecule has 1 aromatic heterocycles. The summed E-state index contributed by atoms with van der Waals surface area (Å²) in [6.45, 7) is 0. The van der Waals surface area contributed by atoms with E-state index >= 15 is 0 Å². The lowest BCUT2D eigenvalue weighted by Crippen LogP contribution is -2.26. The third kappa shape index (κ3) is 3.06. The molecule has 1 unspecified atom stereocenters. The number of nitrogens with one attached hydrogen (secondary N) is 1. The molecular weight excluding hydrogens is 186 g/mol. The molecule has 1 heterocycles. The topological polar surface area (TPSA) is 29.9 Å². The van der Waals surface area contributed by atoms with E-state index in [9.17, 15) is 0 Å². The second-order valence-electron chi connectivity index (χ2n) is 4.65. The molecule has 1 aromatic rings. The quantitative estimate of drug-likeness (QED) is 0.770. The van der Waals surface area contributed by atoms with Crippen molar-refractivity contribution in [2.45, 2.75) is 38.1 Å². The molecule has 15 heavy (non-hydrogen) atoms. The molecule has 0 radical (unpaired) electrons. The highest BCUT2D eigenvalue weighted by Crippen LogP contribution is 2.34. The van der Waals surface area contributed by atoms with E-state index in [2.05, 4.69) is 23.5 Å². The summed E-state index contributed by atoms with van der Waals surface area (Å²) in [4.78, 5) is 0. The first-order chi connectivity index (χ1) is 7.29. The van der Waals surface area contributed by atoms with E-state index in [-0.39, 0.29) is 0 Å². The molecule has 0 aromatic carbocycles. The Bertz CT molecular complexity index is 302. The fraction of sp³-hybridized carbons (Fsp3) is 0.750. The van der Waals surface area contributed by atoms with Crippen LogP contribution in [0.4, 0.5) is 0 Å². The van der Waals surface area contributed by atoms with Gasteiger partial charge in [-0.25, -0.2) is 0 Å². The van der Waals surface area contributed by atoms with Gasteiger partial charge < -0.3 is 5.32 Å². The van der Waals surface area contributed by atoms with Crippen LogP contribution in [-0.4, -0.2) is 22.9 Å². The molecule has 1 saturated carbocycles. The van der Waals surface area contributed by atoms with Crippen molar-refractivity contribution in [3.63, 3.8) is 0 Å². The Morgan fingerprint density at radius 3 is 2.93 bits per heavy atom. The molecule has 2 rings (SSSR count). The molecule has 0 saturated heterocycles. The van der Waals surface area contributed by atoms with Crippen LogP contribution in [0.15, 0.2) is 12.3 Å². The van der Waals surface area contributed by atoms with E-state index in [4.69, 9.17) is 0 Å². The van der Waals surface area contributed by atoms with Crippen LogP contribution in [0.1, 0.15) is 31.4 Å². The van der Waals surface area contributed by atoms with Crippen molar-refractivity contribution in [2.24, 2.45) is 13.0 Å². The minimum atomic E-state index is 0.687. The second-order valence-corrected chi connectivity index (χ2v) is 4.65. The Morgan fingerprint density at radius 2 is 2.40 bits per heavy atom. The average molecular weight is 207 g/mol. The first-order valence-corrected chi connectivity index (χ1v) is 5.93. The number of aryl methyl sites for hydroxylation is 2. The molecule has 1 atom stereocenters. The van der Waals surface area contributed by atoms with Gasteiger partial charge in [-0.05, 0) is 38.3 Å². The van der Waals surface area contributed by atoms with E-state index in [1.54, 1.807) is 0 Å². The Kier molecular flexibility index (Phi) is 3.41. The minimum absolute atomic E-state index is 0.687. The van der Waals surface area contributed by atoms with Crippen LogP contribution in [-0.2, 0) is 13.5 Å². The van der Waals surface area contributed by atoms with Gasteiger partial charge in [0.15, 0.2) is 0 Å². The first-order valence-electron chi connectivity index (χ1n) is 5.93. The van der Waals surface area contributed by atoms with Gasteiger partial charge in [0, 0.05) is 25.0 Å². The smallest absolute Gasteiger partial charge is 0.0492 e. The molecule has 3 nitrogen and oxygen atoms in total. The highest BCUT2D eigenvalue weighted by atomic mass is 15.2. The van der Waals surface area contributed by atoms with Gasteiger partial charge in [-0.2, -0.15) is 5.10 Å². The number of hydrogen-bond acceptors (Lipinski definition) is 2. The summed E-state index contributed by atoms with van der Waals surface area (Å²) in [6.07, 6.45) is 8.49. The van der Waals surface area contributed by atoms with Crippen molar-refractivity contribution in [3.05, 3.63) is 18.0 Å². The minimum Gasteiger partial charge on any atom is -0.317 e. The Hall–Kier alpha value is -0.830. The second kappa shape index (κ2) is 4.79. The largest absolute Gasteiger partial charge is 0.317 e. The van der Waals surface area contributed by atoms with E-state index in [0.29, 0.717) is 6.04 Å². The summed E-state index contributed by atoms with van der Waals surface area (Å²) in [5.74, 6) is 1.01. The molecule has 0 amide bonds. The SMILES string of the molecule is CNC(CCc1ccnn1C)CC1CC1. The van der Waals surface area contributed by atoms with Crippen molar-refractivity contribution in [3.8, 4) is 0 Å². The monoisotopic (exact) mass is 207 g/mol. The number of nitrogens with zero attached hydrogens (tertiary/aromatic N) is 2. The molecular formula is C12H21N3. The van der Waals surface area contributed by atoms with Crippen LogP contribution in [0.2, 0.25) is 0 Å². The molecule has 1 aliphatic carbocycles. The summed E-state index contributed by atoms with van der Waals surface area (Å²) in [7, 11) is 4.10. The highest BCUT2D eigenvalue weighted by molar-refractivity contribution is 5.00. The van der Waals surface area contributed by atoms with Crippen LogP contribution in [0.3, 0.4) is 0 Å². The molecule has 0 bridgehead atoms. The Morgan fingerprint density at radius 1 is 1.60 bits per heavy atom. The zero-order chi connectivity index (χ0) is 10.7. The van der Waals surface area contributed by atoms with Crippen LogP contribution >= 0.6 is 0 Å². The van der Waals surface area contributed by atoms with Gasteiger partial charge in [-0.15, -0.1) is 0 Å². The molecule has 0 spiro atoms. The van der Waals surface area contributed by atoms with Crippen LogP contribution in [0.25, 0.3) is 0 Å². The number of rotatable bonds is 6. The van der Waals surface area contributed by atoms with E-state index in [0.717, 1.165) is 12.3 Å². The standard InChI is InChI=1S/C12H21N3/c1-13-11(9-10-3-4-10)5-6-12-7-8-14-15(12)2/h7-8,10-11,13H,3-6,9H2,1-2H3. The van der Waals surface area contributed by atoms with Crippen molar-refractivity contribution in [1.29, 1.82) is 0 Å². The Balaban J connectivity index is 1.77. The molecule has 84 valence electrons. The van der Waals surface area contributed by atoms with E-state index in [1.807, 2.05) is 17.9 Å². The third-order valence-electron chi connectivity index (χ3n) is 3.39. The summed E-state index contributed by atoms with van der Waals surface area (Å²) in [5.41, 5.74) is 1.34. The van der Waals surface area contributed by atoms with Crippen molar-refractivity contribution >= 4 is 0 Å². The summed E-state index contributed by atoms with van der Waals surface area (Å²) in [6, 6.07) is 2.80. The maximum Gasteiger partial charge on any atom is 0.0492 e. The van der Waals surface area contributed by atoms with Crippen LogP contribution in [0, 0.1) is 5.92 Å². The van der Waals surface area contributed by atoms with Gasteiger partial charge >= 0.3 is 0 Å². The normalized spacial score (nSPS) is 18.0. The fourth-order valence-electron chi connectivity index (χ4n) is 2.10. The lowest BCUT2D eigenvalue weighted by Gasteiger charge is -2.15.